The topological polar surface area (TPSA) is 21.3 Å². The number of benzene rings is 1. The summed E-state index contributed by atoms with van der Waals surface area (Å²) < 4.78 is 5.72. The molecular weight excluding hydrogens is 210 g/mol. The van der Waals surface area contributed by atoms with Gasteiger partial charge in [-0.1, -0.05) is 30.3 Å². The fraction of sp³-hybridized carbons (Fsp3) is 0.600. The smallest absolute Gasteiger partial charge is 0.0625 e. The highest BCUT2D eigenvalue weighted by Gasteiger charge is 2.43. The molecule has 94 valence electrons. The maximum absolute atomic E-state index is 5.72. The molecule has 1 aromatic rings. The van der Waals surface area contributed by atoms with Gasteiger partial charge >= 0.3 is 0 Å². The lowest BCUT2D eigenvalue weighted by atomic mass is 10.1. The number of hydrogen-bond acceptors (Lipinski definition) is 2. The second kappa shape index (κ2) is 5.65. The van der Waals surface area contributed by atoms with Gasteiger partial charge in [0.05, 0.1) is 12.7 Å². The zero-order chi connectivity index (χ0) is 12.3. The molecule has 1 saturated carbocycles. The van der Waals surface area contributed by atoms with Gasteiger partial charge in [-0.2, -0.15) is 0 Å². The van der Waals surface area contributed by atoms with Crippen molar-refractivity contribution in [3.8, 4) is 0 Å². The van der Waals surface area contributed by atoms with E-state index in [1.54, 1.807) is 0 Å². The second-order valence-corrected chi connectivity index (χ2v) is 5.19. The SMILES string of the molecule is CNC(COC(C)C)C1CC1c1ccccc1. The van der Waals surface area contributed by atoms with Crippen molar-refractivity contribution in [2.45, 2.75) is 38.3 Å². The summed E-state index contributed by atoms with van der Waals surface area (Å²) in [5.74, 6) is 1.46. The summed E-state index contributed by atoms with van der Waals surface area (Å²) in [7, 11) is 2.04. The predicted molar refractivity (Wildman–Crippen MR) is 71.2 cm³/mol. The average Bonchev–Trinajstić information content (AvgIpc) is 3.11. The second-order valence-electron chi connectivity index (χ2n) is 5.19. The van der Waals surface area contributed by atoms with Crippen LogP contribution in [0.4, 0.5) is 0 Å². The van der Waals surface area contributed by atoms with Crippen molar-refractivity contribution in [3.63, 3.8) is 0 Å². The van der Waals surface area contributed by atoms with Crippen LogP contribution in [-0.4, -0.2) is 25.8 Å². The molecule has 1 aromatic carbocycles. The molecule has 0 aromatic heterocycles. The van der Waals surface area contributed by atoms with Gasteiger partial charge in [-0.15, -0.1) is 0 Å². The standard InChI is InChI=1S/C15H23NO/c1-11(2)17-10-15(16-3)14-9-13(14)12-7-5-4-6-8-12/h4-8,11,13-16H,9-10H2,1-3H3. The third-order valence-corrected chi connectivity index (χ3v) is 3.56. The van der Waals surface area contributed by atoms with Crippen LogP contribution >= 0.6 is 0 Å². The van der Waals surface area contributed by atoms with Crippen LogP contribution in [0, 0.1) is 5.92 Å². The Morgan fingerprint density at radius 1 is 1.29 bits per heavy atom. The van der Waals surface area contributed by atoms with Gasteiger partial charge in [-0.25, -0.2) is 0 Å². The van der Waals surface area contributed by atoms with Crippen LogP contribution in [0.1, 0.15) is 31.7 Å². The maximum Gasteiger partial charge on any atom is 0.0625 e. The van der Waals surface area contributed by atoms with Crippen molar-refractivity contribution in [3.05, 3.63) is 35.9 Å². The predicted octanol–water partition coefficient (Wildman–Crippen LogP) is 2.80. The highest BCUT2D eigenvalue weighted by Crippen LogP contribution is 2.49. The summed E-state index contributed by atoms with van der Waals surface area (Å²) in [5, 5.41) is 3.39. The third-order valence-electron chi connectivity index (χ3n) is 3.56. The molecule has 0 amide bonds. The molecule has 1 aliphatic rings. The molecule has 0 radical (unpaired) electrons. The first-order valence-corrected chi connectivity index (χ1v) is 6.56. The Hall–Kier alpha value is -0.860. The molecule has 2 heteroatoms. The molecule has 1 aliphatic carbocycles. The zero-order valence-corrected chi connectivity index (χ0v) is 11.0. The monoisotopic (exact) mass is 233 g/mol. The zero-order valence-electron chi connectivity index (χ0n) is 11.0. The average molecular weight is 233 g/mol. The van der Waals surface area contributed by atoms with Gasteiger partial charge in [-0.05, 0) is 44.7 Å². The lowest BCUT2D eigenvalue weighted by Crippen LogP contribution is -2.34. The molecular formula is C15H23NO. The summed E-state index contributed by atoms with van der Waals surface area (Å²) in [6, 6.07) is 11.3. The Bertz CT molecular complexity index is 336. The Morgan fingerprint density at radius 3 is 2.59 bits per heavy atom. The van der Waals surface area contributed by atoms with Crippen molar-refractivity contribution in [1.82, 2.24) is 5.32 Å². The summed E-state index contributed by atoms with van der Waals surface area (Å²) in [4.78, 5) is 0. The molecule has 0 bridgehead atoms. The minimum absolute atomic E-state index is 0.319. The van der Waals surface area contributed by atoms with E-state index in [9.17, 15) is 0 Å². The van der Waals surface area contributed by atoms with Crippen LogP contribution in [0.3, 0.4) is 0 Å². The minimum Gasteiger partial charge on any atom is -0.377 e. The fourth-order valence-corrected chi connectivity index (χ4v) is 2.46. The number of nitrogens with one attached hydrogen (secondary N) is 1. The Kier molecular flexibility index (Phi) is 4.19. The normalized spacial score (nSPS) is 24.9. The number of ether oxygens (including phenoxy) is 1. The Morgan fingerprint density at radius 2 is 2.00 bits per heavy atom. The van der Waals surface area contributed by atoms with Crippen molar-refractivity contribution in [2.24, 2.45) is 5.92 Å². The molecule has 0 saturated heterocycles. The Labute approximate surface area is 104 Å². The maximum atomic E-state index is 5.72. The summed E-state index contributed by atoms with van der Waals surface area (Å²) >= 11 is 0. The van der Waals surface area contributed by atoms with Crippen LogP contribution in [0.15, 0.2) is 30.3 Å². The van der Waals surface area contributed by atoms with Gasteiger partial charge < -0.3 is 10.1 Å². The number of rotatable bonds is 6. The van der Waals surface area contributed by atoms with Gasteiger partial charge in [0.2, 0.25) is 0 Å². The van der Waals surface area contributed by atoms with Crippen LogP contribution in [-0.2, 0) is 4.74 Å². The van der Waals surface area contributed by atoms with E-state index in [-0.39, 0.29) is 0 Å². The van der Waals surface area contributed by atoms with Crippen molar-refractivity contribution < 1.29 is 4.74 Å². The van der Waals surface area contributed by atoms with Gasteiger partial charge in [0, 0.05) is 6.04 Å². The molecule has 2 rings (SSSR count). The van der Waals surface area contributed by atoms with Crippen molar-refractivity contribution in [1.29, 1.82) is 0 Å². The number of likely N-dealkylation sites (N-methyl/N-ethyl adjacent to an activating group) is 1. The van der Waals surface area contributed by atoms with Crippen molar-refractivity contribution >= 4 is 0 Å². The molecule has 0 spiro atoms. The highest BCUT2D eigenvalue weighted by molar-refractivity contribution is 5.26. The molecule has 2 nitrogen and oxygen atoms in total. The summed E-state index contributed by atoms with van der Waals surface area (Å²) in [6.07, 6.45) is 1.61. The molecule has 3 atom stereocenters. The van der Waals surface area contributed by atoms with Gasteiger partial charge in [-0.3, -0.25) is 0 Å². The van der Waals surface area contributed by atoms with Crippen LogP contribution in [0.25, 0.3) is 0 Å². The fourth-order valence-electron chi connectivity index (χ4n) is 2.46. The minimum atomic E-state index is 0.319. The first-order chi connectivity index (χ1) is 8.22. The molecule has 3 unspecified atom stereocenters. The summed E-state index contributed by atoms with van der Waals surface area (Å²) in [5.41, 5.74) is 1.47. The van der Waals surface area contributed by atoms with Crippen LogP contribution in [0.2, 0.25) is 0 Å². The molecule has 0 heterocycles. The quantitative estimate of drug-likeness (QED) is 0.816. The van der Waals surface area contributed by atoms with E-state index in [1.165, 1.54) is 12.0 Å². The van der Waals surface area contributed by atoms with Crippen LogP contribution < -0.4 is 5.32 Å². The lowest BCUT2D eigenvalue weighted by molar-refractivity contribution is 0.0581. The highest BCUT2D eigenvalue weighted by atomic mass is 16.5. The largest absolute Gasteiger partial charge is 0.377 e. The summed E-state index contributed by atoms with van der Waals surface area (Å²) in [6.45, 7) is 5.00. The first kappa shape index (κ1) is 12.6. The number of hydrogen-bond donors (Lipinski definition) is 1. The molecule has 1 fully saturated rings. The van der Waals surface area contributed by atoms with Gasteiger partial charge in [0.1, 0.15) is 0 Å². The Balaban J connectivity index is 1.88. The van der Waals surface area contributed by atoms with Gasteiger partial charge in [0.25, 0.3) is 0 Å². The van der Waals surface area contributed by atoms with E-state index in [2.05, 4.69) is 49.5 Å². The molecule has 17 heavy (non-hydrogen) atoms. The van der Waals surface area contributed by atoms with E-state index < -0.39 is 0 Å². The molecule has 0 aliphatic heterocycles. The van der Waals surface area contributed by atoms with E-state index >= 15 is 0 Å². The van der Waals surface area contributed by atoms with Gasteiger partial charge in [0.15, 0.2) is 0 Å². The van der Waals surface area contributed by atoms with E-state index in [0.717, 1.165) is 18.4 Å². The third kappa shape index (κ3) is 3.30. The first-order valence-electron chi connectivity index (χ1n) is 6.56. The van der Waals surface area contributed by atoms with E-state index in [1.807, 2.05) is 7.05 Å². The van der Waals surface area contributed by atoms with Crippen molar-refractivity contribution in [2.75, 3.05) is 13.7 Å². The van der Waals surface area contributed by atoms with Crippen LogP contribution in [0.5, 0.6) is 0 Å². The lowest BCUT2D eigenvalue weighted by Gasteiger charge is -2.18. The van der Waals surface area contributed by atoms with E-state index in [4.69, 9.17) is 4.74 Å². The van der Waals surface area contributed by atoms with E-state index in [0.29, 0.717) is 12.1 Å². The molecule has 1 N–H and O–H groups in total.